The summed E-state index contributed by atoms with van der Waals surface area (Å²) in [5.41, 5.74) is 1.13. The van der Waals surface area contributed by atoms with Gasteiger partial charge < -0.3 is 5.32 Å². The molecule has 2 rings (SSSR count). The van der Waals surface area contributed by atoms with E-state index in [1.165, 1.54) is 12.8 Å². The first kappa shape index (κ1) is 8.89. The molecule has 1 aromatic rings. The summed E-state index contributed by atoms with van der Waals surface area (Å²) >= 11 is 5.88. The molecule has 0 amide bonds. The van der Waals surface area contributed by atoms with Crippen molar-refractivity contribution in [2.45, 2.75) is 25.8 Å². The Balaban J connectivity index is 2.00. The lowest BCUT2D eigenvalue weighted by molar-refractivity contribution is 0.694. The molecule has 0 unspecified atom stereocenters. The Morgan fingerprint density at radius 1 is 1.46 bits per heavy atom. The van der Waals surface area contributed by atoms with Gasteiger partial charge in [0.05, 0.1) is 0 Å². The molecule has 1 atom stereocenters. The highest BCUT2D eigenvalue weighted by Gasteiger charge is 2.27. The Labute approximate surface area is 84.1 Å². The smallest absolute Gasteiger partial charge is 0.0426 e. The second-order valence-electron chi connectivity index (χ2n) is 3.78. The van der Waals surface area contributed by atoms with Crippen LogP contribution in [0.3, 0.4) is 0 Å². The number of anilines is 1. The third-order valence-electron chi connectivity index (χ3n) is 2.55. The molecule has 1 N–H and O–H groups in total. The van der Waals surface area contributed by atoms with Crippen LogP contribution in [0.4, 0.5) is 5.69 Å². The SMILES string of the molecule is C[C@H](Nc1cccc(Cl)c1)C1CC1. The summed E-state index contributed by atoms with van der Waals surface area (Å²) in [4.78, 5) is 0. The summed E-state index contributed by atoms with van der Waals surface area (Å²) < 4.78 is 0. The molecule has 2 heteroatoms. The number of benzene rings is 1. The van der Waals surface area contributed by atoms with E-state index in [0.29, 0.717) is 6.04 Å². The van der Waals surface area contributed by atoms with Gasteiger partial charge in [0.1, 0.15) is 0 Å². The number of halogens is 1. The van der Waals surface area contributed by atoms with Crippen molar-refractivity contribution in [2.24, 2.45) is 5.92 Å². The normalized spacial score (nSPS) is 18.3. The minimum Gasteiger partial charge on any atom is -0.382 e. The summed E-state index contributed by atoms with van der Waals surface area (Å²) in [5.74, 6) is 0.874. The average Bonchev–Trinajstić information content (AvgIpc) is 2.85. The zero-order valence-electron chi connectivity index (χ0n) is 7.76. The van der Waals surface area contributed by atoms with Gasteiger partial charge in [0.15, 0.2) is 0 Å². The molecule has 1 fully saturated rings. The maximum Gasteiger partial charge on any atom is 0.0426 e. The fraction of sp³-hybridized carbons (Fsp3) is 0.455. The Morgan fingerprint density at radius 3 is 2.85 bits per heavy atom. The molecule has 1 aromatic carbocycles. The summed E-state index contributed by atoms with van der Waals surface area (Å²) in [7, 11) is 0. The van der Waals surface area contributed by atoms with Crippen LogP contribution in [0.5, 0.6) is 0 Å². The first-order valence-corrected chi connectivity index (χ1v) is 5.15. The highest BCUT2D eigenvalue weighted by atomic mass is 35.5. The quantitative estimate of drug-likeness (QED) is 0.778. The monoisotopic (exact) mass is 195 g/mol. The van der Waals surface area contributed by atoms with Crippen LogP contribution < -0.4 is 5.32 Å². The Bertz CT molecular complexity index is 294. The van der Waals surface area contributed by atoms with Gasteiger partial charge in [0.25, 0.3) is 0 Å². The molecule has 1 nitrogen and oxygen atoms in total. The third kappa shape index (κ3) is 2.38. The van der Waals surface area contributed by atoms with Crippen molar-refractivity contribution in [3.05, 3.63) is 29.3 Å². The third-order valence-corrected chi connectivity index (χ3v) is 2.78. The fourth-order valence-corrected chi connectivity index (χ4v) is 1.75. The van der Waals surface area contributed by atoms with E-state index in [2.05, 4.69) is 18.3 Å². The van der Waals surface area contributed by atoms with Crippen LogP contribution in [0, 0.1) is 5.92 Å². The molecule has 1 aliphatic carbocycles. The van der Waals surface area contributed by atoms with Crippen LogP contribution in [0.25, 0.3) is 0 Å². The largest absolute Gasteiger partial charge is 0.382 e. The van der Waals surface area contributed by atoms with Crippen LogP contribution in [0.15, 0.2) is 24.3 Å². The van der Waals surface area contributed by atoms with Crippen molar-refractivity contribution in [2.75, 3.05) is 5.32 Å². The zero-order chi connectivity index (χ0) is 9.26. The van der Waals surface area contributed by atoms with Crippen molar-refractivity contribution >= 4 is 17.3 Å². The molecule has 1 aliphatic rings. The predicted octanol–water partition coefficient (Wildman–Crippen LogP) is 3.55. The highest BCUT2D eigenvalue weighted by molar-refractivity contribution is 6.30. The molecule has 13 heavy (non-hydrogen) atoms. The molecule has 0 bridgehead atoms. The second kappa shape index (κ2) is 3.59. The number of hydrogen-bond donors (Lipinski definition) is 1. The molecule has 0 aromatic heterocycles. The van der Waals surface area contributed by atoms with Gasteiger partial charge in [-0.05, 0) is 43.9 Å². The lowest BCUT2D eigenvalue weighted by Gasteiger charge is -2.14. The van der Waals surface area contributed by atoms with Crippen molar-refractivity contribution in [1.82, 2.24) is 0 Å². The molecule has 1 saturated carbocycles. The Morgan fingerprint density at radius 2 is 2.23 bits per heavy atom. The van der Waals surface area contributed by atoms with E-state index in [4.69, 9.17) is 11.6 Å². The number of rotatable bonds is 3. The van der Waals surface area contributed by atoms with E-state index >= 15 is 0 Å². The molecule has 0 saturated heterocycles. The topological polar surface area (TPSA) is 12.0 Å². The van der Waals surface area contributed by atoms with E-state index < -0.39 is 0 Å². The van der Waals surface area contributed by atoms with Crippen LogP contribution in [0.2, 0.25) is 5.02 Å². The zero-order valence-corrected chi connectivity index (χ0v) is 8.51. The first-order valence-electron chi connectivity index (χ1n) is 4.78. The summed E-state index contributed by atoms with van der Waals surface area (Å²) in [5, 5.41) is 4.26. The van der Waals surface area contributed by atoms with Crippen LogP contribution >= 0.6 is 11.6 Å². The Hall–Kier alpha value is -0.690. The van der Waals surface area contributed by atoms with Gasteiger partial charge in [0.2, 0.25) is 0 Å². The standard InChI is InChI=1S/C11H14ClN/c1-8(9-5-6-9)13-11-4-2-3-10(12)7-11/h2-4,7-9,13H,5-6H2,1H3/t8-/m0/s1. The lowest BCUT2D eigenvalue weighted by atomic mass is 10.2. The van der Waals surface area contributed by atoms with E-state index in [1.807, 2.05) is 18.2 Å². The minimum absolute atomic E-state index is 0.582. The number of nitrogens with one attached hydrogen (secondary N) is 1. The van der Waals surface area contributed by atoms with E-state index in [1.54, 1.807) is 0 Å². The summed E-state index contributed by atoms with van der Waals surface area (Å²) in [6.45, 7) is 2.23. The van der Waals surface area contributed by atoms with Gasteiger partial charge in [-0.3, -0.25) is 0 Å². The van der Waals surface area contributed by atoms with Gasteiger partial charge >= 0.3 is 0 Å². The molecule has 0 radical (unpaired) electrons. The maximum atomic E-state index is 5.88. The fourth-order valence-electron chi connectivity index (χ4n) is 1.56. The second-order valence-corrected chi connectivity index (χ2v) is 4.22. The predicted molar refractivity (Wildman–Crippen MR) is 57.3 cm³/mol. The van der Waals surface area contributed by atoms with Gasteiger partial charge in [-0.15, -0.1) is 0 Å². The first-order chi connectivity index (χ1) is 6.25. The molecule has 70 valence electrons. The van der Waals surface area contributed by atoms with Crippen molar-refractivity contribution in [1.29, 1.82) is 0 Å². The van der Waals surface area contributed by atoms with E-state index in [0.717, 1.165) is 16.6 Å². The van der Waals surface area contributed by atoms with Gasteiger partial charge in [-0.2, -0.15) is 0 Å². The van der Waals surface area contributed by atoms with Gasteiger partial charge in [-0.25, -0.2) is 0 Å². The van der Waals surface area contributed by atoms with Crippen LogP contribution in [-0.4, -0.2) is 6.04 Å². The molecular weight excluding hydrogens is 182 g/mol. The maximum absolute atomic E-state index is 5.88. The van der Waals surface area contributed by atoms with Crippen molar-refractivity contribution < 1.29 is 0 Å². The summed E-state index contributed by atoms with van der Waals surface area (Å²) in [6, 6.07) is 8.49. The molecular formula is C11H14ClN. The van der Waals surface area contributed by atoms with Crippen LogP contribution in [0.1, 0.15) is 19.8 Å². The average molecular weight is 196 g/mol. The molecule has 0 spiro atoms. The molecule has 0 aliphatic heterocycles. The molecule has 0 heterocycles. The van der Waals surface area contributed by atoms with Crippen molar-refractivity contribution in [3.63, 3.8) is 0 Å². The minimum atomic E-state index is 0.582. The van der Waals surface area contributed by atoms with Crippen LogP contribution in [-0.2, 0) is 0 Å². The van der Waals surface area contributed by atoms with E-state index in [-0.39, 0.29) is 0 Å². The Kier molecular flexibility index (Phi) is 2.45. The van der Waals surface area contributed by atoms with E-state index in [9.17, 15) is 0 Å². The summed E-state index contributed by atoms with van der Waals surface area (Å²) in [6.07, 6.45) is 2.74. The van der Waals surface area contributed by atoms with Gasteiger partial charge in [-0.1, -0.05) is 17.7 Å². The van der Waals surface area contributed by atoms with Gasteiger partial charge in [0, 0.05) is 16.8 Å². The van der Waals surface area contributed by atoms with Crippen molar-refractivity contribution in [3.8, 4) is 0 Å². The lowest BCUT2D eigenvalue weighted by Crippen LogP contribution is -2.16. The highest BCUT2D eigenvalue weighted by Crippen LogP contribution is 2.34. The number of hydrogen-bond acceptors (Lipinski definition) is 1.